The van der Waals surface area contributed by atoms with Crippen LogP contribution in [0.15, 0.2) is 30.5 Å². The second-order valence-corrected chi connectivity index (χ2v) is 14.5. The van der Waals surface area contributed by atoms with Crippen LogP contribution in [0.2, 0.25) is 5.02 Å². The van der Waals surface area contributed by atoms with E-state index in [2.05, 4.69) is 51.6 Å². The Morgan fingerprint density at radius 2 is 1.82 bits per heavy atom. The molecule has 10 heteroatoms. The fraction of sp³-hybridized carbons (Fsp3) is 0.448. The van der Waals surface area contributed by atoms with Gasteiger partial charge in [-0.2, -0.15) is 4.98 Å². The summed E-state index contributed by atoms with van der Waals surface area (Å²) in [5.41, 5.74) is 9.32. The van der Waals surface area contributed by atoms with Crippen LogP contribution in [0.4, 0.5) is 28.8 Å². The lowest BCUT2D eigenvalue weighted by Crippen LogP contribution is -2.33. The molecule has 1 aliphatic rings. The summed E-state index contributed by atoms with van der Waals surface area (Å²) in [6.07, 6.45) is 3.95. The highest BCUT2D eigenvalue weighted by Crippen LogP contribution is 2.41. The number of methoxy groups -OCH3 is 1. The summed E-state index contributed by atoms with van der Waals surface area (Å²) in [5.74, 6) is 2.32. The van der Waals surface area contributed by atoms with Crippen LogP contribution >= 0.6 is 18.7 Å². The number of nitrogens with zero attached hydrogens (tertiary/aromatic N) is 4. The monoisotopic (exact) mass is 570 g/mol. The Bertz CT molecular complexity index is 1400. The van der Waals surface area contributed by atoms with Gasteiger partial charge in [0.15, 0.2) is 5.82 Å². The van der Waals surface area contributed by atoms with Crippen LogP contribution < -0.4 is 30.7 Å². The van der Waals surface area contributed by atoms with Crippen molar-refractivity contribution in [2.24, 2.45) is 5.92 Å². The van der Waals surface area contributed by atoms with Gasteiger partial charge in [0.2, 0.25) is 5.95 Å². The van der Waals surface area contributed by atoms with Gasteiger partial charge in [0.25, 0.3) is 0 Å². The van der Waals surface area contributed by atoms with E-state index in [1.54, 1.807) is 26.6 Å². The molecule has 2 aromatic carbocycles. The lowest BCUT2D eigenvalue weighted by molar-refractivity contribution is 0.413. The number of benzene rings is 2. The molecule has 1 aliphatic heterocycles. The molecule has 0 amide bonds. The third-order valence-corrected chi connectivity index (χ3v) is 9.42. The molecule has 2 heterocycles. The zero-order chi connectivity index (χ0) is 28.5. The lowest BCUT2D eigenvalue weighted by atomic mass is 9.98. The summed E-state index contributed by atoms with van der Waals surface area (Å²) in [7, 11) is 1.02. The highest BCUT2D eigenvalue weighted by Gasteiger charge is 2.23. The predicted molar refractivity (Wildman–Crippen MR) is 166 cm³/mol. The quantitative estimate of drug-likeness (QED) is 0.227. The Labute approximate surface area is 237 Å². The standard InChI is InChI=1S/C29H40ClN6O2P/c1-18-11-13-36(14-12-18)24-16-26(38-6)25(15-20(24)3)35(5)34-29-31-17-22(30)28(33-29)32-23-10-9-19(2)21(4)27(23)39(7,8)37/h9-10,15-18H,11-14H2,1-8H3,(H2,31,32,33,34). The number of aryl methyl sites for hydroxylation is 2. The van der Waals surface area contributed by atoms with E-state index in [-0.39, 0.29) is 0 Å². The van der Waals surface area contributed by atoms with Crippen molar-refractivity contribution in [2.75, 3.05) is 61.2 Å². The molecular weight excluding hydrogens is 531 g/mol. The van der Waals surface area contributed by atoms with Crippen molar-refractivity contribution in [1.29, 1.82) is 0 Å². The molecule has 8 nitrogen and oxygen atoms in total. The minimum absolute atomic E-state index is 0.361. The van der Waals surface area contributed by atoms with E-state index < -0.39 is 7.14 Å². The van der Waals surface area contributed by atoms with Crippen molar-refractivity contribution in [3.63, 3.8) is 0 Å². The Morgan fingerprint density at radius 1 is 1.13 bits per heavy atom. The first-order chi connectivity index (χ1) is 18.4. The van der Waals surface area contributed by atoms with Gasteiger partial charge < -0.3 is 19.5 Å². The molecule has 0 saturated carbocycles. The Kier molecular flexibility index (Phi) is 8.67. The molecule has 0 spiro atoms. The van der Waals surface area contributed by atoms with E-state index in [1.165, 1.54) is 24.1 Å². The molecule has 210 valence electrons. The summed E-state index contributed by atoms with van der Waals surface area (Å²) in [6, 6.07) is 8.16. The molecule has 0 atom stereocenters. The van der Waals surface area contributed by atoms with Gasteiger partial charge in [-0.3, -0.25) is 10.4 Å². The summed E-state index contributed by atoms with van der Waals surface area (Å²) in [4.78, 5) is 11.5. The highest BCUT2D eigenvalue weighted by atomic mass is 35.5. The third-order valence-electron chi connectivity index (χ3n) is 7.49. The highest BCUT2D eigenvalue weighted by molar-refractivity contribution is 7.70. The normalized spacial score (nSPS) is 14.3. The molecule has 1 fully saturated rings. The Hall–Kier alpha value is -2.96. The van der Waals surface area contributed by atoms with Gasteiger partial charge >= 0.3 is 0 Å². The van der Waals surface area contributed by atoms with Gasteiger partial charge in [-0.15, -0.1) is 0 Å². The molecule has 2 N–H and O–H groups in total. The Morgan fingerprint density at radius 3 is 2.46 bits per heavy atom. The predicted octanol–water partition coefficient (Wildman–Crippen LogP) is 6.76. The van der Waals surface area contributed by atoms with Gasteiger partial charge in [-0.25, -0.2) is 4.98 Å². The van der Waals surface area contributed by atoms with Crippen molar-refractivity contribution in [1.82, 2.24) is 9.97 Å². The van der Waals surface area contributed by atoms with Crippen LogP contribution in [0.5, 0.6) is 5.75 Å². The van der Waals surface area contributed by atoms with Crippen molar-refractivity contribution in [3.05, 3.63) is 52.2 Å². The van der Waals surface area contributed by atoms with Gasteiger partial charge in [-0.05, 0) is 81.7 Å². The number of halogens is 1. The van der Waals surface area contributed by atoms with E-state index in [0.717, 1.165) is 52.6 Å². The average Bonchev–Trinajstić information content (AvgIpc) is 2.88. The van der Waals surface area contributed by atoms with E-state index in [4.69, 9.17) is 16.3 Å². The summed E-state index contributed by atoms with van der Waals surface area (Å²) >= 11 is 6.48. The van der Waals surface area contributed by atoms with Crippen molar-refractivity contribution < 1.29 is 9.30 Å². The van der Waals surface area contributed by atoms with Gasteiger partial charge in [0.1, 0.15) is 17.9 Å². The second kappa shape index (κ2) is 11.6. The number of anilines is 5. The average molecular weight is 571 g/mol. The smallest absolute Gasteiger partial charge is 0.243 e. The fourth-order valence-electron chi connectivity index (χ4n) is 5.12. The van der Waals surface area contributed by atoms with Crippen molar-refractivity contribution >= 4 is 52.9 Å². The minimum Gasteiger partial charge on any atom is -0.494 e. The molecule has 0 radical (unpaired) electrons. The molecule has 3 aromatic rings. The van der Waals surface area contributed by atoms with Crippen molar-refractivity contribution in [2.45, 2.75) is 40.5 Å². The zero-order valence-corrected chi connectivity index (χ0v) is 25.9. The number of ether oxygens (including phenoxy) is 1. The van der Waals surface area contributed by atoms with Crippen LogP contribution in [-0.4, -0.2) is 50.5 Å². The van der Waals surface area contributed by atoms with E-state index in [9.17, 15) is 4.57 Å². The fourth-order valence-corrected chi connectivity index (χ4v) is 6.95. The van der Waals surface area contributed by atoms with Gasteiger partial charge in [-0.1, -0.05) is 24.6 Å². The third kappa shape index (κ3) is 6.44. The number of piperidine rings is 1. The number of rotatable bonds is 8. The second-order valence-electron chi connectivity index (χ2n) is 10.9. The van der Waals surface area contributed by atoms with Gasteiger partial charge in [0.05, 0.1) is 24.7 Å². The number of aromatic nitrogens is 2. The van der Waals surface area contributed by atoms with E-state index >= 15 is 0 Å². The number of nitrogens with one attached hydrogen (secondary N) is 2. The van der Waals surface area contributed by atoms with E-state index in [1.807, 2.05) is 38.0 Å². The molecule has 1 aromatic heterocycles. The molecule has 1 saturated heterocycles. The maximum atomic E-state index is 13.1. The maximum Gasteiger partial charge on any atom is 0.243 e. The van der Waals surface area contributed by atoms with Crippen LogP contribution in [0.3, 0.4) is 0 Å². The molecule has 39 heavy (non-hydrogen) atoms. The summed E-state index contributed by atoms with van der Waals surface area (Å²) < 4.78 is 18.9. The first-order valence-electron chi connectivity index (χ1n) is 13.3. The zero-order valence-electron chi connectivity index (χ0n) is 24.2. The summed E-state index contributed by atoms with van der Waals surface area (Å²) in [5, 5.41) is 6.31. The van der Waals surface area contributed by atoms with Crippen LogP contribution in [0.1, 0.15) is 36.5 Å². The minimum atomic E-state index is -2.57. The first kappa shape index (κ1) is 29.0. The number of hydrogen-bond donors (Lipinski definition) is 2. The summed E-state index contributed by atoms with van der Waals surface area (Å²) in [6.45, 7) is 14.1. The SMILES string of the molecule is COc1cc(N2CCC(C)CC2)c(C)cc1N(C)Nc1ncc(Cl)c(Nc2ccc(C)c(C)c2P(C)(C)=O)n1. The van der Waals surface area contributed by atoms with Crippen LogP contribution in [0, 0.1) is 26.7 Å². The molecule has 0 bridgehead atoms. The number of hydrogen-bond acceptors (Lipinski definition) is 8. The largest absolute Gasteiger partial charge is 0.494 e. The number of hydrazine groups is 1. The maximum absolute atomic E-state index is 13.1. The molecule has 4 rings (SSSR count). The molecule has 0 aliphatic carbocycles. The topological polar surface area (TPSA) is 82.6 Å². The van der Waals surface area contributed by atoms with Crippen molar-refractivity contribution in [3.8, 4) is 5.75 Å². The molecular formula is C29H40ClN6O2P. The van der Waals surface area contributed by atoms with E-state index in [0.29, 0.717) is 16.8 Å². The van der Waals surface area contributed by atoms with Crippen LogP contribution in [0.25, 0.3) is 0 Å². The van der Waals surface area contributed by atoms with Crippen LogP contribution in [-0.2, 0) is 4.57 Å². The first-order valence-corrected chi connectivity index (χ1v) is 16.3. The Balaban J connectivity index is 1.59. The van der Waals surface area contributed by atoms with Gasteiger partial charge in [0, 0.05) is 37.2 Å². The lowest BCUT2D eigenvalue weighted by Gasteiger charge is -2.34. The molecule has 0 unspecified atom stereocenters.